The third-order valence-electron chi connectivity index (χ3n) is 5.07. The van der Waals surface area contributed by atoms with Crippen LogP contribution in [0.15, 0.2) is 10.8 Å². The molecule has 1 saturated carbocycles. The van der Waals surface area contributed by atoms with E-state index in [-0.39, 0.29) is 11.8 Å². The molecule has 2 unspecified atom stereocenters. The van der Waals surface area contributed by atoms with E-state index in [0.717, 1.165) is 12.2 Å². The zero-order valence-corrected chi connectivity index (χ0v) is 15.2. The molecule has 2 atom stereocenters. The van der Waals surface area contributed by atoms with E-state index in [1.165, 1.54) is 6.20 Å². The zero-order valence-electron chi connectivity index (χ0n) is 12.9. The van der Waals surface area contributed by atoms with Crippen LogP contribution in [0.2, 0.25) is 5.15 Å². The SMILES string of the molecule is CC(C)C1(C(=O)O)CCC(c2nc(Br)c3c(N)ncc(Cl)n23)C1. The molecule has 0 aromatic carbocycles. The molecule has 3 N–H and O–H groups in total. The van der Waals surface area contributed by atoms with Crippen molar-refractivity contribution < 1.29 is 9.90 Å². The maximum Gasteiger partial charge on any atom is 0.309 e. The van der Waals surface area contributed by atoms with Crippen molar-refractivity contribution in [2.45, 2.75) is 39.0 Å². The van der Waals surface area contributed by atoms with Gasteiger partial charge in [0.1, 0.15) is 21.1 Å². The van der Waals surface area contributed by atoms with Crippen LogP contribution in [-0.4, -0.2) is 25.4 Å². The average Bonchev–Trinajstić information content (AvgIpc) is 3.06. The number of carboxylic acids is 1. The van der Waals surface area contributed by atoms with Gasteiger partial charge in [-0.2, -0.15) is 0 Å². The molecule has 23 heavy (non-hydrogen) atoms. The molecule has 6 nitrogen and oxygen atoms in total. The predicted molar refractivity (Wildman–Crippen MR) is 91.6 cm³/mol. The summed E-state index contributed by atoms with van der Waals surface area (Å²) >= 11 is 9.70. The Morgan fingerprint density at radius 3 is 2.87 bits per heavy atom. The molecule has 124 valence electrons. The Labute approximate surface area is 147 Å². The number of nitrogens with zero attached hydrogens (tertiary/aromatic N) is 3. The fraction of sp³-hybridized carbons (Fsp3) is 0.533. The standard InChI is InChI=1S/C15H18BrClN4O2/c1-7(2)15(14(22)23)4-3-8(5-15)13-20-11(16)10-12(18)19-6-9(17)21(10)13/h6-8H,3-5H2,1-2H3,(H2,18,19)(H,22,23). The van der Waals surface area contributed by atoms with Gasteiger partial charge in [0.15, 0.2) is 5.82 Å². The van der Waals surface area contributed by atoms with Crippen molar-refractivity contribution in [3.8, 4) is 0 Å². The minimum Gasteiger partial charge on any atom is -0.481 e. The van der Waals surface area contributed by atoms with E-state index in [1.807, 2.05) is 13.8 Å². The zero-order chi connectivity index (χ0) is 16.9. The molecule has 1 aliphatic carbocycles. The van der Waals surface area contributed by atoms with Gasteiger partial charge in [-0.25, -0.2) is 9.97 Å². The van der Waals surface area contributed by atoms with Crippen LogP contribution in [0.4, 0.5) is 5.82 Å². The van der Waals surface area contributed by atoms with Crippen LogP contribution in [0.3, 0.4) is 0 Å². The number of imidazole rings is 1. The topological polar surface area (TPSA) is 93.5 Å². The highest BCUT2D eigenvalue weighted by Crippen LogP contribution is 2.51. The summed E-state index contributed by atoms with van der Waals surface area (Å²) in [6.07, 6.45) is 3.43. The van der Waals surface area contributed by atoms with Gasteiger partial charge in [-0.15, -0.1) is 0 Å². The third kappa shape index (κ3) is 2.41. The van der Waals surface area contributed by atoms with E-state index < -0.39 is 11.4 Å². The summed E-state index contributed by atoms with van der Waals surface area (Å²) in [4.78, 5) is 20.5. The number of nitrogen functional groups attached to an aromatic ring is 1. The van der Waals surface area contributed by atoms with Crippen LogP contribution in [0.25, 0.3) is 5.52 Å². The van der Waals surface area contributed by atoms with E-state index in [0.29, 0.717) is 33.9 Å². The quantitative estimate of drug-likeness (QED) is 0.817. The highest BCUT2D eigenvalue weighted by atomic mass is 79.9. The summed E-state index contributed by atoms with van der Waals surface area (Å²) in [5.74, 6) is 0.428. The molecule has 2 aromatic heterocycles. The Hall–Kier alpha value is -1.34. The Bertz CT molecular complexity index is 791. The second-order valence-corrected chi connectivity index (χ2v) is 7.61. The smallest absolute Gasteiger partial charge is 0.309 e. The highest BCUT2D eigenvalue weighted by Gasteiger charge is 2.49. The van der Waals surface area contributed by atoms with Crippen LogP contribution in [0, 0.1) is 11.3 Å². The lowest BCUT2D eigenvalue weighted by molar-refractivity contribution is -0.151. The van der Waals surface area contributed by atoms with Crippen molar-refractivity contribution in [3.63, 3.8) is 0 Å². The summed E-state index contributed by atoms with van der Waals surface area (Å²) in [5, 5.41) is 10.1. The summed E-state index contributed by atoms with van der Waals surface area (Å²) < 4.78 is 2.36. The second kappa shape index (κ2) is 5.63. The largest absolute Gasteiger partial charge is 0.481 e. The van der Waals surface area contributed by atoms with Crippen LogP contribution in [0.5, 0.6) is 0 Å². The summed E-state index contributed by atoms with van der Waals surface area (Å²) in [7, 11) is 0. The first-order chi connectivity index (χ1) is 10.8. The number of nitrogens with two attached hydrogens (primary N) is 1. The number of aliphatic carboxylic acids is 1. The number of halogens is 2. The van der Waals surface area contributed by atoms with E-state index >= 15 is 0 Å². The second-order valence-electron chi connectivity index (χ2n) is 6.47. The Morgan fingerprint density at radius 1 is 1.61 bits per heavy atom. The van der Waals surface area contributed by atoms with Gasteiger partial charge < -0.3 is 10.8 Å². The lowest BCUT2D eigenvalue weighted by Gasteiger charge is -2.28. The van der Waals surface area contributed by atoms with Crippen molar-refractivity contribution >= 4 is 44.8 Å². The molecule has 0 radical (unpaired) electrons. The molecular formula is C15H18BrClN4O2. The number of hydrogen-bond acceptors (Lipinski definition) is 4. The van der Waals surface area contributed by atoms with Crippen molar-refractivity contribution in [3.05, 3.63) is 21.8 Å². The van der Waals surface area contributed by atoms with Crippen molar-refractivity contribution in [1.29, 1.82) is 0 Å². The molecule has 2 heterocycles. The van der Waals surface area contributed by atoms with Crippen LogP contribution in [-0.2, 0) is 4.79 Å². The van der Waals surface area contributed by atoms with Gasteiger partial charge in [0.2, 0.25) is 0 Å². The van der Waals surface area contributed by atoms with Gasteiger partial charge in [0.05, 0.1) is 11.6 Å². The van der Waals surface area contributed by atoms with E-state index in [1.54, 1.807) is 4.40 Å². The summed E-state index contributed by atoms with van der Waals surface area (Å²) in [6.45, 7) is 3.93. The molecule has 0 saturated heterocycles. The van der Waals surface area contributed by atoms with Gasteiger partial charge in [0.25, 0.3) is 0 Å². The Kier molecular flexibility index (Phi) is 4.04. The molecule has 1 fully saturated rings. The minimum absolute atomic E-state index is 0.0200. The number of rotatable bonds is 3. The molecule has 1 aliphatic rings. The maximum atomic E-state index is 11.8. The van der Waals surface area contributed by atoms with Crippen LogP contribution in [0.1, 0.15) is 44.9 Å². The van der Waals surface area contributed by atoms with Crippen molar-refractivity contribution in [2.24, 2.45) is 11.3 Å². The average molecular weight is 402 g/mol. The van der Waals surface area contributed by atoms with E-state index in [4.69, 9.17) is 17.3 Å². The van der Waals surface area contributed by atoms with Gasteiger partial charge in [-0.05, 0) is 41.1 Å². The molecular weight excluding hydrogens is 384 g/mol. The number of fused-ring (bicyclic) bond motifs is 1. The number of aromatic nitrogens is 3. The number of carbonyl (C=O) groups is 1. The molecule has 3 rings (SSSR count). The predicted octanol–water partition coefficient (Wildman–Crippen LogP) is 3.72. The van der Waals surface area contributed by atoms with Crippen molar-refractivity contribution in [2.75, 3.05) is 5.73 Å². The van der Waals surface area contributed by atoms with E-state index in [2.05, 4.69) is 25.9 Å². The normalized spacial score (nSPS) is 24.7. The van der Waals surface area contributed by atoms with Gasteiger partial charge >= 0.3 is 5.97 Å². The van der Waals surface area contributed by atoms with Crippen LogP contribution >= 0.6 is 27.5 Å². The Morgan fingerprint density at radius 2 is 2.30 bits per heavy atom. The molecule has 0 amide bonds. The van der Waals surface area contributed by atoms with Gasteiger partial charge in [0, 0.05) is 5.92 Å². The first-order valence-corrected chi connectivity index (χ1v) is 8.66. The lowest BCUT2D eigenvalue weighted by atomic mass is 9.75. The fourth-order valence-electron chi connectivity index (χ4n) is 3.62. The minimum atomic E-state index is -0.734. The fourth-order valence-corrected chi connectivity index (χ4v) is 4.41. The van der Waals surface area contributed by atoms with Gasteiger partial charge in [-0.1, -0.05) is 25.4 Å². The highest BCUT2D eigenvalue weighted by molar-refractivity contribution is 9.10. The summed E-state index contributed by atoms with van der Waals surface area (Å²) in [5.41, 5.74) is 5.85. The monoisotopic (exact) mass is 400 g/mol. The number of anilines is 1. The number of carboxylic acid groups (broad SMARTS) is 1. The van der Waals surface area contributed by atoms with Crippen molar-refractivity contribution in [1.82, 2.24) is 14.4 Å². The molecule has 0 bridgehead atoms. The molecule has 0 spiro atoms. The lowest BCUT2D eigenvalue weighted by Crippen LogP contribution is -2.33. The van der Waals surface area contributed by atoms with Gasteiger partial charge in [-0.3, -0.25) is 9.20 Å². The molecule has 2 aromatic rings. The van der Waals surface area contributed by atoms with E-state index in [9.17, 15) is 9.90 Å². The third-order valence-corrected chi connectivity index (χ3v) is 5.89. The molecule has 8 heteroatoms. The molecule has 0 aliphatic heterocycles. The summed E-state index contributed by atoms with van der Waals surface area (Å²) in [6, 6.07) is 0. The first kappa shape index (κ1) is 16.5. The first-order valence-electron chi connectivity index (χ1n) is 7.49. The Balaban J connectivity index is 2.10. The maximum absolute atomic E-state index is 11.8. The number of hydrogen-bond donors (Lipinski definition) is 2. The van der Waals surface area contributed by atoms with Crippen LogP contribution < -0.4 is 5.73 Å².